The molecule has 4 rings (SSSR count). The van der Waals surface area contributed by atoms with E-state index in [0.29, 0.717) is 16.3 Å². The number of aromatic nitrogens is 2. The third-order valence-corrected chi connectivity index (χ3v) is 5.62. The number of pyridine rings is 1. The topological polar surface area (TPSA) is 64.0 Å². The molecule has 8 heteroatoms. The van der Waals surface area contributed by atoms with Crippen LogP contribution in [-0.2, 0) is 13.1 Å². The van der Waals surface area contributed by atoms with Gasteiger partial charge in [0.05, 0.1) is 17.5 Å². The largest absolute Gasteiger partial charge is 0.348 e. The first kappa shape index (κ1) is 19.9. The van der Waals surface area contributed by atoms with Crippen molar-refractivity contribution in [3.05, 3.63) is 97.9 Å². The molecule has 0 aliphatic carbocycles. The predicted molar refractivity (Wildman–Crippen MR) is 112 cm³/mol. The van der Waals surface area contributed by atoms with Gasteiger partial charge in [0, 0.05) is 29.2 Å². The Morgan fingerprint density at radius 1 is 1.20 bits per heavy atom. The summed E-state index contributed by atoms with van der Waals surface area (Å²) in [6.45, 7) is 1.88. The van der Waals surface area contributed by atoms with Crippen molar-refractivity contribution in [3.8, 4) is 0 Å². The molecule has 0 atom stereocenters. The Morgan fingerprint density at radius 3 is 2.73 bits per heavy atom. The molecule has 0 saturated heterocycles. The zero-order valence-electron chi connectivity index (χ0n) is 16.0. The van der Waals surface area contributed by atoms with Gasteiger partial charge in [-0.25, -0.2) is 13.8 Å². The molecule has 1 N–H and O–H groups in total. The van der Waals surface area contributed by atoms with Crippen LogP contribution in [0.4, 0.5) is 8.78 Å². The Morgan fingerprint density at radius 2 is 2.00 bits per heavy atom. The second-order valence-electron chi connectivity index (χ2n) is 6.75. The van der Waals surface area contributed by atoms with Crippen LogP contribution in [0.1, 0.15) is 26.6 Å². The van der Waals surface area contributed by atoms with E-state index in [-0.39, 0.29) is 29.4 Å². The molecule has 0 aliphatic heterocycles. The van der Waals surface area contributed by atoms with Crippen molar-refractivity contribution in [1.29, 1.82) is 0 Å². The minimum absolute atomic E-state index is 0.0957. The van der Waals surface area contributed by atoms with Gasteiger partial charge in [-0.15, -0.1) is 11.3 Å². The summed E-state index contributed by atoms with van der Waals surface area (Å²) in [5.74, 6) is -1.56. The van der Waals surface area contributed by atoms with Crippen LogP contribution in [0.2, 0.25) is 0 Å². The van der Waals surface area contributed by atoms with Crippen LogP contribution in [0.3, 0.4) is 0 Å². The minimum Gasteiger partial charge on any atom is -0.348 e. The molecule has 0 spiro atoms. The van der Waals surface area contributed by atoms with Crippen LogP contribution in [0, 0.1) is 18.6 Å². The van der Waals surface area contributed by atoms with Crippen molar-refractivity contribution >= 4 is 28.0 Å². The molecule has 4 aromatic rings. The highest BCUT2D eigenvalue weighted by atomic mass is 32.1. The van der Waals surface area contributed by atoms with E-state index < -0.39 is 23.1 Å². The van der Waals surface area contributed by atoms with E-state index in [9.17, 15) is 18.4 Å². The predicted octanol–water partition coefficient (Wildman–Crippen LogP) is 4.02. The zero-order valence-corrected chi connectivity index (χ0v) is 16.8. The summed E-state index contributed by atoms with van der Waals surface area (Å²) in [4.78, 5) is 30.3. The zero-order chi connectivity index (χ0) is 21.3. The molecule has 0 bridgehead atoms. The summed E-state index contributed by atoms with van der Waals surface area (Å²) in [5, 5.41) is 5.29. The molecule has 152 valence electrons. The molecule has 0 fully saturated rings. The molecule has 5 nitrogen and oxygen atoms in total. The lowest BCUT2D eigenvalue weighted by Crippen LogP contribution is -2.31. The first-order chi connectivity index (χ1) is 14.5. The molecular formula is C22H17F2N3O2S. The number of nitrogens with zero attached hydrogens (tertiary/aromatic N) is 2. The molecular weight excluding hydrogens is 408 g/mol. The van der Waals surface area contributed by atoms with Crippen molar-refractivity contribution in [2.75, 3.05) is 0 Å². The molecule has 0 saturated carbocycles. The summed E-state index contributed by atoms with van der Waals surface area (Å²) in [7, 11) is 0. The minimum atomic E-state index is -0.690. The number of hydrogen-bond donors (Lipinski definition) is 1. The van der Waals surface area contributed by atoms with Crippen LogP contribution >= 0.6 is 11.3 Å². The maximum Gasteiger partial charge on any atom is 0.262 e. The lowest BCUT2D eigenvalue weighted by Gasteiger charge is -2.17. The molecule has 0 unspecified atom stereocenters. The summed E-state index contributed by atoms with van der Waals surface area (Å²) >= 11 is 1.37. The number of benzene rings is 2. The van der Waals surface area contributed by atoms with Gasteiger partial charge in [0.25, 0.3) is 11.5 Å². The number of hydrogen-bond acceptors (Lipinski definition) is 4. The molecule has 0 aliphatic rings. The van der Waals surface area contributed by atoms with Gasteiger partial charge in [0.2, 0.25) is 0 Å². The number of thiazole rings is 1. The normalized spacial score (nSPS) is 11.0. The summed E-state index contributed by atoms with van der Waals surface area (Å²) in [5.41, 5.74) is 0.687. The van der Waals surface area contributed by atoms with E-state index in [0.717, 1.165) is 0 Å². The fourth-order valence-electron chi connectivity index (χ4n) is 3.43. The van der Waals surface area contributed by atoms with E-state index >= 15 is 0 Å². The molecule has 2 aromatic carbocycles. The fourth-order valence-corrected chi connectivity index (χ4v) is 4.03. The maximum atomic E-state index is 14.6. The van der Waals surface area contributed by atoms with Crippen molar-refractivity contribution in [3.63, 3.8) is 0 Å². The number of nitrogens with one attached hydrogen (secondary N) is 1. The molecule has 2 heterocycles. The Kier molecular flexibility index (Phi) is 5.41. The van der Waals surface area contributed by atoms with Crippen LogP contribution < -0.4 is 10.9 Å². The maximum absolute atomic E-state index is 14.6. The fraction of sp³-hybridized carbons (Fsp3) is 0.136. The molecule has 2 aromatic heterocycles. The SMILES string of the molecule is Cc1c(C(=O)NCc2cccc(F)c2)c2cccc(F)c2c(=O)n1Cc1nccs1. The third kappa shape index (κ3) is 3.73. The van der Waals surface area contributed by atoms with Gasteiger partial charge in [0.1, 0.15) is 16.6 Å². The monoisotopic (exact) mass is 425 g/mol. The van der Waals surface area contributed by atoms with Gasteiger partial charge in [0.15, 0.2) is 0 Å². The second-order valence-corrected chi connectivity index (χ2v) is 7.73. The van der Waals surface area contributed by atoms with Gasteiger partial charge >= 0.3 is 0 Å². The van der Waals surface area contributed by atoms with Gasteiger partial charge in [-0.1, -0.05) is 24.3 Å². The standard InChI is InChI=1S/C22H17F2N3O2S/c1-13-19(21(28)26-11-14-4-2-5-15(23)10-14)16-6-3-7-17(24)20(16)22(29)27(13)12-18-25-8-9-30-18/h2-10H,11-12H2,1H3,(H,26,28). The van der Waals surface area contributed by atoms with Gasteiger partial charge in [-0.05, 0) is 30.7 Å². The van der Waals surface area contributed by atoms with Gasteiger partial charge in [-0.3, -0.25) is 9.59 Å². The highest BCUT2D eigenvalue weighted by Crippen LogP contribution is 2.23. The number of carbonyl (C=O) groups is 1. The lowest BCUT2D eigenvalue weighted by molar-refractivity contribution is 0.0951. The summed E-state index contributed by atoms with van der Waals surface area (Å²) < 4.78 is 29.4. The van der Waals surface area contributed by atoms with Crippen LogP contribution in [0.25, 0.3) is 10.8 Å². The smallest absolute Gasteiger partial charge is 0.262 e. The van der Waals surface area contributed by atoms with Crippen molar-refractivity contribution in [2.45, 2.75) is 20.0 Å². The van der Waals surface area contributed by atoms with Crippen LogP contribution in [0.5, 0.6) is 0 Å². The summed E-state index contributed by atoms with van der Waals surface area (Å²) in [6, 6.07) is 10.1. The number of carbonyl (C=O) groups excluding carboxylic acids is 1. The van der Waals surface area contributed by atoms with Crippen molar-refractivity contribution < 1.29 is 13.6 Å². The highest BCUT2D eigenvalue weighted by Gasteiger charge is 2.21. The van der Waals surface area contributed by atoms with Crippen molar-refractivity contribution in [2.24, 2.45) is 0 Å². The Labute approximate surface area is 174 Å². The number of fused-ring (bicyclic) bond motifs is 1. The molecule has 1 amide bonds. The number of amides is 1. The molecule has 0 radical (unpaired) electrons. The highest BCUT2D eigenvalue weighted by molar-refractivity contribution is 7.09. The Bertz CT molecular complexity index is 1300. The first-order valence-corrected chi connectivity index (χ1v) is 10.1. The Hall–Kier alpha value is -3.39. The third-order valence-electron chi connectivity index (χ3n) is 4.85. The van der Waals surface area contributed by atoms with E-state index in [2.05, 4.69) is 10.3 Å². The average Bonchev–Trinajstić information content (AvgIpc) is 3.23. The number of halogens is 2. The lowest BCUT2D eigenvalue weighted by atomic mass is 10.0. The van der Waals surface area contributed by atoms with E-state index in [1.807, 2.05) is 0 Å². The van der Waals surface area contributed by atoms with Crippen molar-refractivity contribution in [1.82, 2.24) is 14.9 Å². The van der Waals surface area contributed by atoms with Crippen LogP contribution in [0.15, 0.2) is 58.8 Å². The Balaban J connectivity index is 1.80. The quantitative estimate of drug-likeness (QED) is 0.525. The number of rotatable bonds is 5. The first-order valence-electron chi connectivity index (χ1n) is 9.18. The van der Waals surface area contributed by atoms with E-state index in [1.54, 1.807) is 36.7 Å². The molecule has 30 heavy (non-hydrogen) atoms. The van der Waals surface area contributed by atoms with Gasteiger partial charge < -0.3 is 9.88 Å². The van der Waals surface area contributed by atoms with Gasteiger partial charge in [-0.2, -0.15) is 0 Å². The summed E-state index contributed by atoms with van der Waals surface area (Å²) in [6.07, 6.45) is 1.62. The van der Waals surface area contributed by atoms with E-state index in [1.165, 1.54) is 40.2 Å². The second kappa shape index (κ2) is 8.16. The van der Waals surface area contributed by atoms with E-state index in [4.69, 9.17) is 0 Å². The average molecular weight is 425 g/mol. The van der Waals surface area contributed by atoms with Crippen LogP contribution in [-0.4, -0.2) is 15.5 Å².